The summed E-state index contributed by atoms with van der Waals surface area (Å²) in [4.78, 5) is 18.3. The Morgan fingerprint density at radius 3 is 2.41 bits per heavy atom. The molecule has 0 aliphatic carbocycles. The normalized spacial score (nSPS) is 15.5. The molecular formula is C18H21FN4O3S. The Morgan fingerprint density at radius 1 is 1.07 bits per heavy atom. The number of rotatable bonds is 6. The van der Waals surface area contributed by atoms with Crippen molar-refractivity contribution in [2.75, 3.05) is 43.4 Å². The van der Waals surface area contributed by atoms with Crippen molar-refractivity contribution in [3.63, 3.8) is 0 Å². The monoisotopic (exact) mass is 392 g/mol. The number of carbonyl (C=O) groups is 1. The second-order valence-electron chi connectivity index (χ2n) is 6.15. The number of nitrogens with zero attached hydrogens (tertiary/aromatic N) is 3. The molecule has 9 heteroatoms. The molecule has 1 fully saturated rings. The Kier molecular flexibility index (Phi) is 6.02. The number of carbonyl (C=O) groups excluding carboxylic acids is 1. The molecular weight excluding hydrogens is 371 g/mol. The molecule has 1 aliphatic heterocycles. The van der Waals surface area contributed by atoms with Crippen molar-refractivity contribution in [1.29, 1.82) is 0 Å². The summed E-state index contributed by atoms with van der Waals surface area (Å²) < 4.78 is 39.3. The van der Waals surface area contributed by atoms with Crippen molar-refractivity contribution in [2.45, 2.75) is 0 Å². The first-order valence-corrected chi connectivity index (χ1v) is 10.2. The molecule has 1 aromatic heterocycles. The van der Waals surface area contributed by atoms with Gasteiger partial charge in [0.2, 0.25) is 10.0 Å². The fraction of sp³-hybridized carbons (Fsp3) is 0.333. The first-order valence-electron chi connectivity index (χ1n) is 8.63. The predicted octanol–water partition coefficient (Wildman–Crippen LogP) is 1.10. The Balaban J connectivity index is 1.47. The zero-order valence-electron chi connectivity index (χ0n) is 14.7. The highest BCUT2D eigenvalue weighted by molar-refractivity contribution is 7.89. The van der Waals surface area contributed by atoms with Crippen LogP contribution in [0.5, 0.6) is 0 Å². The largest absolute Gasteiger partial charge is 0.354 e. The zero-order valence-corrected chi connectivity index (χ0v) is 15.5. The molecule has 1 aromatic carbocycles. The number of anilines is 1. The van der Waals surface area contributed by atoms with E-state index in [1.54, 1.807) is 6.20 Å². The van der Waals surface area contributed by atoms with Gasteiger partial charge >= 0.3 is 0 Å². The molecule has 27 heavy (non-hydrogen) atoms. The fourth-order valence-corrected chi connectivity index (χ4v) is 4.20. The molecule has 144 valence electrons. The maximum Gasteiger partial charge on any atom is 0.251 e. The second kappa shape index (κ2) is 8.45. The Labute approximate surface area is 157 Å². The topological polar surface area (TPSA) is 82.6 Å². The van der Waals surface area contributed by atoms with Gasteiger partial charge in [-0.25, -0.2) is 17.8 Å². The van der Waals surface area contributed by atoms with Crippen LogP contribution in [0.3, 0.4) is 0 Å². The van der Waals surface area contributed by atoms with Gasteiger partial charge in [0, 0.05) is 44.5 Å². The van der Waals surface area contributed by atoms with Gasteiger partial charge in [-0.15, -0.1) is 0 Å². The molecule has 1 saturated heterocycles. The highest BCUT2D eigenvalue weighted by Crippen LogP contribution is 2.14. The molecule has 2 aromatic rings. The summed E-state index contributed by atoms with van der Waals surface area (Å²) in [5.74, 6) is -0.200. The van der Waals surface area contributed by atoms with Crippen molar-refractivity contribution in [3.8, 4) is 0 Å². The molecule has 1 N–H and O–H groups in total. The SMILES string of the molecule is O=C(NCCS(=O)(=O)N1CCN(c2ccccn2)CC1)c1ccc(F)cc1. The lowest BCUT2D eigenvalue weighted by molar-refractivity contribution is 0.0956. The zero-order chi connectivity index (χ0) is 19.3. The Hall–Kier alpha value is -2.52. The van der Waals surface area contributed by atoms with Crippen LogP contribution in [0.1, 0.15) is 10.4 Å². The Bertz CT molecular complexity index is 867. The maximum absolute atomic E-state index is 12.9. The van der Waals surface area contributed by atoms with Gasteiger partial charge < -0.3 is 10.2 Å². The number of pyridine rings is 1. The lowest BCUT2D eigenvalue weighted by Crippen LogP contribution is -2.50. The highest BCUT2D eigenvalue weighted by Gasteiger charge is 2.27. The van der Waals surface area contributed by atoms with E-state index < -0.39 is 21.7 Å². The van der Waals surface area contributed by atoms with Crippen LogP contribution in [-0.4, -0.2) is 62.1 Å². The molecule has 3 rings (SSSR count). The summed E-state index contributed by atoms with van der Waals surface area (Å²) in [7, 11) is -3.46. The van der Waals surface area contributed by atoms with Gasteiger partial charge in [-0.2, -0.15) is 4.31 Å². The van der Waals surface area contributed by atoms with E-state index >= 15 is 0 Å². The van der Waals surface area contributed by atoms with Gasteiger partial charge in [0.15, 0.2) is 0 Å². The molecule has 0 spiro atoms. The summed E-state index contributed by atoms with van der Waals surface area (Å²) in [6.45, 7) is 1.89. The van der Waals surface area contributed by atoms with E-state index in [0.29, 0.717) is 26.2 Å². The van der Waals surface area contributed by atoms with Crippen LogP contribution in [-0.2, 0) is 10.0 Å². The van der Waals surface area contributed by atoms with Crippen molar-refractivity contribution in [3.05, 3.63) is 60.0 Å². The number of aromatic nitrogens is 1. The molecule has 7 nitrogen and oxygen atoms in total. The first kappa shape index (κ1) is 19.2. The summed E-state index contributed by atoms with van der Waals surface area (Å²) in [5.41, 5.74) is 0.290. The summed E-state index contributed by atoms with van der Waals surface area (Å²) in [5, 5.41) is 2.56. The average molecular weight is 392 g/mol. The van der Waals surface area contributed by atoms with Crippen LogP contribution < -0.4 is 10.2 Å². The summed E-state index contributed by atoms with van der Waals surface area (Å²) >= 11 is 0. The molecule has 0 unspecified atom stereocenters. The van der Waals surface area contributed by atoms with Crippen LogP contribution in [0.4, 0.5) is 10.2 Å². The van der Waals surface area contributed by atoms with Crippen LogP contribution in [0.2, 0.25) is 0 Å². The van der Waals surface area contributed by atoms with E-state index in [9.17, 15) is 17.6 Å². The average Bonchev–Trinajstić information content (AvgIpc) is 2.69. The molecule has 1 amide bonds. The minimum Gasteiger partial charge on any atom is -0.354 e. The standard InChI is InChI=1S/C18H21FN4O3S/c19-16-6-4-15(5-7-16)18(24)21-9-14-27(25,26)23-12-10-22(11-13-23)17-3-1-2-8-20-17/h1-8H,9-14H2,(H,21,24). The molecule has 1 aliphatic rings. The maximum atomic E-state index is 12.9. The smallest absolute Gasteiger partial charge is 0.251 e. The van der Waals surface area contributed by atoms with Gasteiger partial charge in [0.1, 0.15) is 11.6 Å². The van der Waals surface area contributed by atoms with Gasteiger partial charge in [0.25, 0.3) is 5.91 Å². The third-order valence-corrected chi connectivity index (χ3v) is 6.23. The third-order valence-electron chi connectivity index (χ3n) is 4.36. The second-order valence-corrected chi connectivity index (χ2v) is 8.24. The number of piperazine rings is 1. The number of sulfonamides is 1. The fourth-order valence-electron chi connectivity index (χ4n) is 2.86. The van der Waals surface area contributed by atoms with E-state index in [-0.39, 0.29) is 17.9 Å². The van der Waals surface area contributed by atoms with E-state index in [1.165, 1.54) is 28.6 Å². The quantitative estimate of drug-likeness (QED) is 0.796. The van der Waals surface area contributed by atoms with E-state index in [0.717, 1.165) is 5.82 Å². The van der Waals surface area contributed by atoms with E-state index in [2.05, 4.69) is 10.3 Å². The molecule has 0 bridgehead atoms. The molecule has 0 saturated carbocycles. The number of hydrogen-bond acceptors (Lipinski definition) is 5. The van der Waals surface area contributed by atoms with Gasteiger partial charge in [0.05, 0.1) is 5.75 Å². The third kappa shape index (κ3) is 5.01. The number of benzene rings is 1. The van der Waals surface area contributed by atoms with Gasteiger partial charge in [-0.05, 0) is 36.4 Å². The van der Waals surface area contributed by atoms with Crippen molar-refractivity contribution >= 4 is 21.7 Å². The molecule has 0 atom stereocenters. The van der Waals surface area contributed by atoms with E-state index in [4.69, 9.17) is 0 Å². The molecule has 2 heterocycles. The van der Waals surface area contributed by atoms with E-state index in [1.807, 2.05) is 23.1 Å². The predicted molar refractivity (Wildman–Crippen MR) is 101 cm³/mol. The van der Waals surface area contributed by atoms with Crippen molar-refractivity contribution < 1.29 is 17.6 Å². The minimum atomic E-state index is -3.46. The summed E-state index contributed by atoms with van der Waals surface area (Å²) in [6, 6.07) is 10.7. The number of nitrogens with one attached hydrogen (secondary N) is 1. The molecule has 0 radical (unpaired) electrons. The first-order chi connectivity index (χ1) is 13.0. The number of halogens is 1. The number of amides is 1. The van der Waals surface area contributed by atoms with Crippen molar-refractivity contribution in [1.82, 2.24) is 14.6 Å². The number of hydrogen-bond donors (Lipinski definition) is 1. The van der Waals surface area contributed by atoms with Crippen LogP contribution in [0, 0.1) is 5.82 Å². The minimum absolute atomic E-state index is 0.000994. The Morgan fingerprint density at radius 2 is 1.78 bits per heavy atom. The van der Waals surface area contributed by atoms with Crippen LogP contribution >= 0.6 is 0 Å². The lowest BCUT2D eigenvalue weighted by atomic mass is 10.2. The van der Waals surface area contributed by atoms with Gasteiger partial charge in [-0.3, -0.25) is 4.79 Å². The van der Waals surface area contributed by atoms with Gasteiger partial charge in [-0.1, -0.05) is 6.07 Å². The summed E-state index contributed by atoms with van der Waals surface area (Å²) in [6.07, 6.45) is 1.71. The van der Waals surface area contributed by atoms with Crippen molar-refractivity contribution in [2.24, 2.45) is 0 Å². The lowest BCUT2D eigenvalue weighted by Gasteiger charge is -2.34. The van der Waals surface area contributed by atoms with Crippen LogP contribution in [0.15, 0.2) is 48.7 Å². The highest BCUT2D eigenvalue weighted by atomic mass is 32.2. The van der Waals surface area contributed by atoms with Crippen LogP contribution in [0.25, 0.3) is 0 Å².